The van der Waals surface area contributed by atoms with Crippen LogP contribution >= 0.6 is 0 Å². The van der Waals surface area contributed by atoms with Gasteiger partial charge in [0.15, 0.2) is 6.23 Å². The smallest absolute Gasteiger partial charge is 0.409 e. The number of carbonyl (C=O) groups excluding carboxylic acids is 2. The zero-order valence-corrected chi connectivity index (χ0v) is 5.09. The van der Waals surface area contributed by atoms with Crippen LogP contribution in [0.4, 0.5) is 9.59 Å². The average molecular weight is 145 g/mol. The Kier molecular flexibility index (Phi) is 1.61. The van der Waals surface area contributed by atoms with Crippen LogP contribution in [0.15, 0.2) is 0 Å². The van der Waals surface area contributed by atoms with Gasteiger partial charge in [-0.25, -0.2) is 9.59 Å². The largest absolute Gasteiger partial charge is 0.424 e. The molecule has 4 N–H and O–H groups in total. The quantitative estimate of drug-likeness (QED) is 0.429. The van der Waals surface area contributed by atoms with E-state index < -0.39 is 18.4 Å². The molecule has 1 unspecified atom stereocenters. The summed E-state index contributed by atoms with van der Waals surface area (Å²) in [6.45, 7) is 0.266. The van der Waals surface area contributed by atoms with Crippen molar-refractivity contribution in [2.24, 2.45) is 5.73 Å². The van der Waals surface area contributed by atoms with E-state index >= 15 is 0 Å². The standard InChI is InChI=1S/C4H7N3O3/c5-3(8)7-2-1-6-4(9)10-2/h2H,1H2,(H,6,9)(H3,5,7,8). The Labute approximate surface area is 56.7 Å². The zero-order chi connectivity index (χ0) is 7.56. The number of cyclic esters (lactones) is 1. The Balaban J connectivity index is 2.31. The third-order valence-corrected chi connectivity index (χ3v) is 0.984. The van der Waals surface area contributed by atoms with Crippen LogP contribution in [-0.4, -0.2) is 24.9 Å². The minimum absolute atomic E-state index is 0.266. The Morgan fingerprint density at radius 3 is 3.00 bits per heavy atom. The molecule has 1 aliphatic rings. The first-order valence-corrected chi connectivity index (χ1v) is 2.69. The van der Waals surface area contributed by atoms with E-state index in [1.165, 1.54) is 0 Å². The summed E-state index contributed by atoms with van der Waals surface area (Å²) in [6.07, 6.45) is -1.16. The zero-order valence-electron chi connectivity index (χ0n) is 5.09. The van der Waals surface area contributed by atoms with Crippen LogP contribution in [0, 0.1) is 0 Å². The number of hydrogen-bond acceptors (Lipinski definition) is 3. The first-order chi connectivity index (χ1) is 4.68. The van der Waals surface area contributed by atoms with Gasteiger partial charge in [0.25, 0.3) is 0 Å². The Bertz CT molecular complexity index is 169. The highest BCUT2D eigenvalue weighted by Gasteiger charge is 2.22. The molecular weight excluding hydrogens is 138 g/mol. The first-order valence-electron chi connectivity index (χ1n) is 2.69. The van der Waals surface area contributed by atoms with Gasteiger partial charge < -0.3 is 21.1 Å². The summed E-state index contributed by atoms with van der Waals surface area (Å²) in [6, 6.07) is -0.707. The third kappa shape index (κ3) is 1.51. The minimum Gasteiger partial charge on any atom is -0.424 e. The highest BCUT2D eigenvalue weighted by molar-refractivity contribution is 5.74. The maximum atomic E-state index is 10.3. The van der Waals surface area contributed by atoms with Gasteiger partial charge in [0.05, 0.1) is 6.54 Å². The number of urea groups is 1. The average Bonchev–Trinajstić information content (AvgIpc) is 2.13. The molecule has 56 valence electrons. The molecule has 1 heterocycles. The lowest BCUT2D eigenvalue weighted by molar-refractivity contribution is 0.127. The second kappa shape index (κ2) is 2.42. The molecule has 10 heavy (non-hydrogen) atoms. The molecule has 0 aromatic heterocycles. The second-order valence-corrected chi connectivity index (χ2v) is 1.78. The molecule has 0 aliphatic carbocycles. The number of carbonyl (C=O) groups is 2. The fourth-order valence-corrected chi connectivity index (χ4v) is 0.628. The number of rotatable bonds is 1. The Hall–Kier alpha value is -1.46. The number of hydrogen-bond donors (Lipinski definition) is 3. The van der Waals surface area contributed by atoms with Gasteiger partial charge in [-0.15, -0.1) is 0 Å². The molecule has 0 saturated carbocycles. The molecule has 6 heteroatoms. The first kappa shape index (κ1) is 6.66. The molecular formula is C4H7N3O3. The van der Waals surface area contributed by atoms with Gasteiger partial charge in [-0.1, -0.05) is 0 Å². The van der Waals surface area contributed by atoms with Crippen molar-refractivity contribution in [3.63, 3.8) is 0 Å². The summed E-state index contributed by atoms with van der Waals surface area (Å²) in [5.41, 5.74) is 4.75. The van der Waals surface area contributed by atoms with Crippen molar-refractivity contribution in [1.29, 1.82) is 0 Å². The van der Waals surface area contributed by atoms with Crippen LogP contribution in [0.1, 0.15) is 0 Å². The molecule has 0 bridgehead atoms. The van der Waals surface area contributed by atoms with Gasteiger partial charge in [-0.05, 0) is 0 Å². The van der Waals surface area contributed by atoms with Gasteiger partial charge in [0.2, 0.25) is 0 Å². The van der Waals surface area contributed by atoms with Crippen molar-refractivity contribution in [3.05, 3.63) is 0 Å². The van der Waals surface area contributed by atoms with Crippen LogP contribution in [0.2, 0.25) is 0 Å². The summed E-state index contributed by atoms with van der Waals surface area (Å²) in [5, 5.41) is 4.55. The number of primary amides is 1. The van der Waals surface area contributed by atoms with Crippen LogP contribution in [0.5, 0.6) is 0 Å². The highest BCUT2D eigenvalue weighted by Crippen LogP contribution is 1.94. The minimum atomic E-state index is -0.707. The topological polar surface area (TPSA) is 93.5 Å². The van der Waals surface area contributed by atoms with Gasteiger partial charge in [-0.3, -0.25) is 0 Å². The molecule has 0 spiro atoms. The molecule has 3 amide bonds. The molecule has 1 rings (SSSR count). The van der Waals surface area contributed by atoms with Crippen molar-refractivity contribution in [2.45, 2.75) is 6.23 Å². The van der Waals surface area contributed by atoms with Crippen molar-refractivity contribution in [2.75, 3.05) is 6.54 Å². The number of nitrogens with one attached hydrogen (secondary N) is 2. The highest BCUT2D eigenvalue weighted by atomic mass is 16.6. The monoisotopic (exact) mass is 145 g/mol. The maximum absolute atomic E-state index is 10.3. The molecule has 1 aliphatic heterocycles. The van der Waals surface area contributed by atoms with Crippen molar-refractivity contribution in [1.82, 2.24) is 10.6 Å². The van der Waals surface area contributed by atoms with Gasteiger partial charge in [0, 0.05) is 0 Å². The third-order valence-electron chi connectivity index (χ3n) is 0.984. The van der Waals surface area contributed by atoms with E-state index in [2.05, 4.69) is 15.4 Å². The van der Waals surface area contributed by atoms with Crippen molar-refractivity contribution < 1.29 is 14.3 Å². The Morgan fingerprint density at radius 2 is 2.60 bits per heavy atom. The lowest BCUT2D eigenvalue weighted by Gasteiger charge is -2.05. The van der Waals surface area contributed by atoms with E-state index in [0.717, 1.165) is 0 Å². The van der Waals surface area contributed by atoms with Crippen molar-refractivity contribution >= 4 is 12.1 Å². The summed E-state index contributed by atoms with van der Waals surface area (Å²) >= 11 is 0. The summed E-state index contributed by atoms with van der Waals surface area (Å²) in [7, 11) is 0. The number of nitrogens with two attached hydrogens (primary N) is 1. The SMILES string of the molecule is NC(=O)NC1CNC(=O)O1. The maximum Gasteiger partial charge on any atom is 0.409 e. The fraction of sp³-hybridized carbons (Fsp3) is 0.500. The van der Waals surface area contributed by atoms with Gasteiger partial charge in [0.1, 0.15) is 0 Å². The van der Waals surface area contributed by atoms with E-state index in [-0.39, 0.29) is 6.54 Å². The molecule has 1 atom stereocenters. The predicted octanol–water partition coefficient (Wildman–Crippen LogP) is -1.28. The number of amides is 3. The lowest BCUT2D eigenvalue weighted by atomic mass is 10.6. The summed E-state index contributed by atoms with van der Waals surface area (Å²) in [4.78, 5) is 20.5. The molecule has 6 nitrogen and oxygen atoms in total. The fourth-order valence-electron chi connectivity index (χ4n) is 0.628. The van der Waals surface area contributed by atoms with Crippen LogP contribution in [0.3, 0.4) is 0 Å². The molecule has 0 aromatic rings. The lowest BCUT2D eigenvalue weighted by Crippen LogP contribution is -2.40. The molecule has 0 radical (unpaired) electrons. The molecule has 0 aromatic carbocycles. The summed E-state index contributed by atoms with van der Waals surface area (Å²) in [5.74, 6) is 0. The predicted molar refractivity (Wildman–Crippen MR) is 31.0 cm³/mol. The number of ether oxygens (including phenoxy) is 1. The van der Waals surface area contributed by atoms with Crippen LogP contribution in [0.25, 0.3) is 0 Å². The molecule has 1 fully saturated rings. The van der Waals surface area contributed by atoms with E-state index in [1.54, 1.807) is 0 Å². The van der Waals surface area contributed by atoms with E-state index in [1.807, 2.05) is 0 Å². The van der Waals surface area contributed by atoms with Gasteiger partial charge >= 0.3 is 12.1 Å². The van der Waals surface area contributed by atoms with E-state index in [0.29, 0.717) is 0 Å². The van der Waals surface area contributed by atoms with Crippen LogP contribution < -0.4 is 16.4 Å². The van der Waals surface area contributed by atoms with E-state index in [9.17, 15) is 9.59 Å². The van der Waals surface area contributed by atoms with E-state index in [4.69, 9.17) is 5.73 Å². The second-order valence-electron chi connectivity index (χ2n) is 1.78. The summed E-state index contributed by atoms with van der Waals surface area (Å²) < 4.78 is 4.51. The molecule has 1 saturated heterocycles. The van der Waals surface area contributed by atoms with Gasteiger partial charge in [-0.2, -0.15) is 0 Å². The van der Waals surface area contributed by atoms with Crippen LogP contribution in [-0.2, 0) is 4.74 Å². The number of alkyl carbamates (subject to hydrolysis) is 1. The van der Waals surface area contributed by atoms with Crippen molar-refractivity contribution in [3.8, 4) is 0 Å². The Morgan fingerprint density at radius 1 is 1.90 bits per heavy atom. The normalized spacial score (nSPS) is 23.2.